The predicted molar refractivity (Wildman–Crippen MR) is 210 cm³/mol. The first-order valence-electron chi connectivity index (χ1n) is 20.8. The third-order valence-electron chi connectivity index (χ3n) is 14.7. The Morgan fingerprint density at radius 3 is 2.53 bits per heavy atom. The average molecular weight is 785 g/mol. The third-order valence-corrected chi connectivity index (χ3v) is 16.1. The van der Waals surface area contributed by atoms with Crippen LogP contribution in [0.15, 0.2) is 11.3 Å². The molecule has 5 N–H and O–H groups in total. The van der Waals surface area contributed by atoms with E-state index in [-0.39, 0.29) is 60.2 Å². The number of nitrogens with zero attached hydrogens (tertiary/aromatic N) is 1. The number of alkyl carbamates (subject to hydrolysis) is 1. The number of ether oxygens (including phenoxy) is 2. The van der Waals surface area contributed by atoms with E-state index < -0.39 is 29.6 Å². The van der Waals surface area contributed by atoms with E-state index in [2.05, 4.69) is 42.6 Å². The summed E-state index contributed by atoms with van der Waals surface area (Å²) in [6.45, 7) is 11.8. The maximum atomic E-state index is 13.5. The van der Waals surface area contributed by atoms with Gasteiger partial charge in [0, 0.05) is 25.2 Å². The van der Waals surface area contributed by atoms with Gasteiger partial charge in [-0.05, 0) is 123 Å². The number of thioether (sulfide) groups is 1. The smallest absolute Gasteiger partial charge is 0.408 e. The minimum Gasteiger partial charge on any atom is -0.447 e. The number of aliphatic hydroxyl groups is 2. The molecule has 0 aromatic carbocycles. The van der Waals surface area contributed by atoms with E-state index in [0.717, 1.165) is 64.2 Å². The van der Waals surface area contributed by atoms with Crippen molar-refractivity contribution in [2.75, 3.05) is 25.6 Å². The van der Waals surface area contributed by atoms with Gasteiger partial charge in [-0.3, -0.25) is 19.3 Å². The average Bonchev–Trinajstić information content (AvgIpc) is 3.50. The topological polar surface area (TPSA) is 167 Å². The van der Waals surface area contributed by atoms with Gasteiger partial charge in [-0.25, -0.2) is 4.79 Å². The van der Waals surface area contributed by atoms with Gasteiger partial charge in [-0.15, -0.1) is 24.1 Å². The monoisotopic (exact) mass is 784 g/mol. The first-order valence-corrected chi connectivity index (χ1v) is 21.8. The van der Waals surface area contributed by atoms with Gasteiger partial charge in [0.05, 0.1) is 18.8 Å². The fourth-order valence-electron chi connectivity index (χ4n) is 11.9. The van der Waals surface area contributed by atoms with Crippen molar-refractivity contribution >= 4 is 35.6 Å². The van der Waals surface area contributed by atoms with Crippen molar-refractivity contribution in [2.45, 2.75) is 141 Å². The Morgan fingerprint density at radius 2 is 1.78 bits per heavy atom. The Kier molecular flexibility index (Phi) is 13.2. The molecule has 12 nitrogen and oxygen atoms in total. The Balaban J connectivity index is 0.996. The van der Waals surface area contributed by atoms with E-state index in [9.17, 15) is 29.4 Å². The Bertz CT molecular complexity index is 1530. The number of hydrogen-bond donors (Lipinski definition) is 5. The lowest BCUT2D eigenvalue weighted by molar-refractivity contribution is -0.174. The molecule has 0 radical (unpaired) electrons. The number of nitrogens with one attached hydrogen (secondary N) is 3. The second-order valence-corrected chi connectivity index (χ2v) is 19.0. The van der Waals surface area contributed by atoms with E-state index in [1.54, 1.807) is 6.92 Å². The number of β-lactam (4-membered cyclic amide) rings is 1. The summed E-state index contributed by atoms with van der Waals surface area (Å²) < 4.78 is 10.5. The number of amides is 4. The quantitative estimate of drug-likeness (QED) is 0.0728. The molecule has 13 unspecified atom stereocenters. The fourth-order valence-corrected chi connectivity index (χ4v) is 13.2. The van der Waals surface area contributed by atoms with Crippen molar-refractivity contribution in [3.8, 4) is 12.3 Å². The minimum atomic E-state index is -0.911. The molecule has 6 aliphatic rings. The second kappa shape index (κ2) is 17.4. The van der Waals surface area contributed by atoms with Crippen molar-refractivity contribution in [1.82, 2.24) is 20.9 Å². The maximum Gasteiger partial charge on any atom is 0.408 e. The molecule has 0 spiro atoms. The number of hydrogen-bond acceptors (Lipinski definition) is 9. The first kappa shape index (κ1) is 41.8. The molecule has 0 aromatic heterocycles. The highest BCUT2D eigenvalue weighted by molar-refractivity contribution is 8.00. The Labute approximate surface area is 331 Å². The van der Waals surface area contributed by atoms with Crippen LogP contribution in [-0.2, 0) is 23.9 Å². The van der Waals surface area contributed by atoms with Gasteiger partial charge in [0.2, 0.25) is 5.91 Å². The number of fused-ring (bicyclic) bond motifs is 6. The molecule has 6 rings (SSSR count). The van der Waals surface area contributed by atoms with Crippen LogP contribution in [0.4, 0.5) is 4.79 Å². The molecule has 2 heterocycles. The van der Waals surface area contributed by atoms with Crippen molar-refractivity contribution in [3.63, 3.8) is 0 Å². The van der Waals surface area contributed by atoms with E-state index in [4.69, 9.17) is 15.9 Å². The van der Waals surface area contributed by atoms with Gasteiger partial charge in [0.25, 0.3) is 11.8 Å². The summed E-state index contributed by atoms with van der Waals surface area (Å²) in [5.41, 5.74) is 1.24. The van der Waals surface area contributed by atoms with Crippen LogP contribution in [0.2, 0.25) is 0 Å². The van der Waals surface area contributed by atoms with E-state index in [1.807, 2.05) is 6.92 Å². The zero-order chi connectivity index (χ0) is 39.7. The summed E-state index contributed by atoms with van der Waals surface area (Å²) in [6, 6.07) is -0.726. The molecule has 0 bridgehead atoms. The fraction of sp³-hybridized carbons (Fsp3) is 0.810. The van der Waals surface area contributed by atoms with Crippen LogP contribution in [0.3, 0.4) is 0 Å². The molecule has 0 aromatic rings. The SMILES string of the molecule is C#CCC(NC(=O)OCCOCCC)NC(=O)C1=C(C)CSC2C(NC(=O)CCC(C)C3CCC4C5C(O)CC6CC(O)CCC6(C)C5CCC34C)C(=O)N12. The van der Waals surface area contributed by atoms with Gasteiger partial charge in [0.1, 0.15) is 29.9 Å². The first-order chi connectivity index (χ1) is 26.2. The lowest BCUT2D eigenvalue weighted by Crippen LogP contribution is -2.71. The third kappa shape index (κ3) is 8.30. The predicted octanol–water partition coefficient (Wildman–Crippen LogP) is 4.69. The molecule has 5 fully saturated rings. The normalized spacial score (nSPS) is 37.5. The summed E-state index contributed by atoms with van der Waals surface area (Å²) in [7, 11) is 0. The summed E-state index contributed by atoms with van der Waals surface area (Å²) in [4.78, 5) is 54.2. The zero-order valence-corrected chi connectivity index (χ0v) is 34.3. The van der Waals surface area contributed by atoms with Gasteiger partial charge < -0.3 is 35.6 Å². The van der Waals surface area contributed by atoms with Crippen molar-refractivity contribution in [1.29, 1.82) is 0 Å². The molecule has 13 heteroatoms. The largest absolute Gasteiger partial charge is 0.447 e. The lowest BCUT2D eigenvalue weighted by Gasteiger charge is -2.62. The number of rotatable bonds is 14. The molecule has 1 saturated heterocycles. The zero-order valence-electron chi connectivity index (χ0n) is 33.4. The Hall–Kier alpha value is -2.79. The maximum absolute atomic E-state index is 13.5. The van der Waals surface area contributed by atoms with Crippen LogP contribution in [0.5, 0.6) is 0 Å². The number of carbonyl (C=O) groups excluding carboxylic acids is 4. The number of aliphatic hydroxyl groups excluding tert-OH is 2. The van der Waals surface area contributed by atoms with Crippen LogP contribution in [0.1, 0.15) is 112 Å². The highest BCUT2D eigenvalue weighted by atomic mass is 32.2. The molecular weight excluding hydrogens is 721 g/mol. The van der Waals surface area contributed by atoms with E-state index in [0.29, 0.717) is 59.9 Å². The molecule has 55 heavy (non-hydrogen) atoms. The summed E-state index contributed by atoms with van der Waals surface area (Å²) in [5, 5.41) is 29.9. The molecule has 4 saturated carbocycles. The minimum absolute atomic E-state index is 0.0120. The van der Waals surface area contributed by atoms with Crippen molar-refractivity contribution in [2.24, 2.45) is 46.3 Å². The summed E-state index contributed by atoms with van der Waals surface area (Å²) in [6.07, 6.45) is 13.2. The second-order valence-electron chi connectivity index (χ2n) is 17.9. The van der Waals surface area contributed by atoms with Crippen LogP contribution >= 0.6 is 11.8 Å². The van der Waals surface area contributed by atoms with Crippen LogP contribution in [-0.4, -0.2) is 94.3 Å². The van der Waals surface area contributed by atoms with Crippen molar-refractivity contribution < 1.29 is 38.9 Å². The highest BCUT2D eigenvalue weighted by Gasteiger charge is 2.63. The highest BCUT2D eigenvalue weighted by Crippen LogP contribution is 2.68. The van der Waals surface area contributed by atoms with Gasteiger partial charge >= 0.3 is 6.09 Å². The van der Waals surface area contributed by atoms with Gasteiger partial charge in [0.15, 0.2) is 0 Å². The summed E-state index contributed by atoms with van der Waals surface area (Å²) >= 11 is 1.51. The van der Waals surface area contributed by atoms with E-state index >= 15 is 0 Å². The van der Waals surface area contributed by atoms with Crippen LogP contribution in [0, 0.1) is 58.7 Å². The van der Waals surface area contributed by atoms with Crippen LogP contribution < -0.4 is 16.0 Å². The van der Waals surface area contributed by atoms with Gasteiger partial charge in [-0.2, -0.15) is 0 Å². The molecule has 13 atom stereocenters. The van der Waals surface area contributed by atoms with Crippen LogP contribution in [0.25, 0.3) is 0 Å². The molecule has 306 valence electrons. The molecule has 4 aliphatic carbocycles. The number of carbonyl (C=O) groups is 4. The molecule has 4 amide bonds. The van der Waals surface area contributed by atoms with E-state index in [1.165, 1.54) is 16.7 Å². The standard InChI is InChI=1S/C42H64N4O8S/c1-7-9-32(44-40(52)54-20-19-53-18-8-2)43-37(50)36-25(4)23-55-39-35(38(51)46(36)39)45-33(49)13-10-24(3)28-11-12-29-34-30(15-17-42(28,29)6)41(5)16-14-27(47)21-26(41)22-31(34)48/h1,24,26-32,34-35,39,47-48H,8-23H2,2-6H3,(H,43,50)(H,44,52)(H,45,49). The summed E-state index contributed by atoms with van der Waals surface area (Å²) in [5.74, 6) is 4.38. The van der Waals surface area contributed by atoms with Crippen molar-refractivity contribution in [3.05, 3.63) is 11.3 Å². The Morgan fingerprint density at radius 1 is 1.04 bits per heavy atom. The molecular formula is C42H64N4O8S. The molecule has 2 aliphatic heterocycles. The lowest BCUT2D eigenvalue weighted by atomic mass is 9.43. The number of terminal acetylenes is 1. The van der Waals surface area contributed by atoms with Gasteiger partial charge in [-0.1, -0.05) is 27.7 Å².